The molecule has 1 aromatic carbocycles. The number of alkyl halides is 3. The summed E-state index contributed by atoms with van der Waals surface area (Å²) in [6, 6.07) is 7.02. The highest BCUT2D eigenvalue weighted by atomic mass is 19.4. The van der Waals surface area contributed by atoms with E-state index in [9.17, 15) is 22.8 Å². The number of nitrogens with one attached hydrogen (secondary N) is 2. The zero-order chi connectivity index (χ0) is 18.4. The Balaban J connectivity index is 2.08. The van der Waals surface area contributed by atoms with Gasteiger partial charge in [0.1, 0.15) is 5.69 Å². The van der Waals surface area contributed by atoms with Crippen LogP contribution in [0.4, 0.5) is 13.2 Å². The van der Waals surface area contributed by atoms with Gasteiger partial charge in [0.2, 0.25) is 0 Å². The zero-order valence-corrected chi connectivity index (χ0v) is 12.4. The lowest BCUT2D eigenvalue weighted by Gasteiger charge is -2.10. The largest absolute Gasteiger partial charge is 0.417 e. The van der Waals surface area contributed by atoms with Crippen LogP contribution >= 0.6 is 0 Å². The summed E-state index contributed by atoms with van der Waals surface area (Å²) in [7, 11) is 0. The van der Waals surface area contributed by atoms with Gasteiger partial charge in [0.25, 0.3) is 11.8 Å². The average molecular weight is 352 g/mol. The van der Waals surface area contributed by atoms with E-state index in [4.69, 9.17) is 5.21 Å². The molecular formula is C15H11F3N4O3. The third-order valence-corrected chi connectivity index (χ3v) is 2.98. The van der Waals surface area contributed by atoms with Crippen molar-refractivity contribution in [3.05, 3.63) is 65.0 Å². The molecule has 2 rings (SSSR count). The number of aromatic nitrogens is 1. The molecule has 0 spiro atoms. The molecule has 0 radical (unpaired) electrons. The summed E-state index contributed by atoms with van der Waals surface area (Å²) < 4.78 is 38.6. The normalized spacial score (nSPS) is 11.4. The number of hydrazone groups is 1. The Morgan fingerprint density at radius 1 is 1.12 bits per heavy atom. The monoisotopic (exact) mass is 352 g/mol. The highest BCUT2D eigenvalue weighted by molar-refractivity contribution is 5.96. The van der Waals surface area contributed by atoms with E-state index in [1.807, 2.05) is 5.43 Å². The van der Waals surface area contributed by atoms with Gasteiger partial charge in [-0.25, -0.2) is 10.9 Å². The minimum absolute atomic E-state index is 0.0530. The van der Waals surface area contributed by atoms with Gasteiger partial charge in [-0.05, 0) is 24.3 Å². The highest BCUT2D eigenvalue weighted by Gasteiger charge is 2.34. The first-order chi connectivity index (χ1) is 11.8. The van der Waals surface area contributed by atoms with Gasteiger partial charge in [0.15, 0.2) is 0 Å². The second kappa shape index (κ2) is 7.53. The van der Waals surface area contributed by atoms with E-state index in [0.717, 1.165) is 18.3 Å². The van der Waals surface area contributed by atoms with E-state index in [1.54, 1.807) is 0 Å². The maximum atomic E-state index is 12.9. The number of rotatable bonds is 4. The van der Waals surface area contributed by atoms with Crippen molar-refractivity contribution in [3.8, 4) is 0 Å². The van der Waals surface area contributed by atoms with E-state index in [0.29, 0.717) is 5.56 Å². The predicted octanol–water partition coefficient (Wildman–Crippen LogP) is 1.98. The molecule has 0 fully saturated rings. The Labute approximate surface area is 139 Å². The molecule has 3 N–H and O–H groups in total. The first kappa shape index (κ1) is 18.1. The number of benzene rings is 1. The van der Waals surface area contributed by atoms with E-state index < -0.39 is 29.1 Å². The summed E-state index contributed by atoms with van der Waals surface area (Å²) in [4.78, 5) is 26.7. The minimum Gasteiger partial charge on any atom is -0.288 e. The second-order valence-corrected chi connectivity index (χ2v) is 4.66. The molecule has 0 aliphatic heterocycles. The maximum absolute atomic E-state index is 12.9. The van der Waals surface area contributed by atoms with Crippen LogP contribution in [0.3, 0.4) is 0 Å². The summed E-state index contributed by atoms with van der Waals surface area (Å²) in [6.45, 7) is 0. The van der Waals surface area contributed by atoms with E-state index in [2.05, 4.69) is 10.1 Å². The number of hydrogen-bond acceptors (Lipinski definition) is 5. The van der Waals surface area contributed by atoms with Crippen molar-refractivity contribution in [2.24, 2.45) is 5.10 Å². The molecule has 0 unspecified atom stereocenters. The molecule has 0 bridgehead atoms. The van der Waals surface area contributed by atoms with Gasteiger partial charge in [-0.2, -0.15) is 18.3 Å². The van der Waals surface area contributed by atoms with Crippen molar-refractivity contribution in [2.75, 3.05) is 0 Å². The Morgan fingerprint density at radius 2 is 1.84 bits per heavy atom. The zero-order valence-electron chi connectivity index (χ0n) is 12.4. The fourth-order valence-corrected chi connectivity index (χ4v) is 1.83. The van der Waals surface area contributed by atoms with Crippen molar-refractivity contribution < 1.29 is 28.0 Å². The van der Waals surface area contributed by atoms with Crippen molar-refractivity contribution in [1.82, 2.24) is 15.9 Å². The van der Waals surface area contributed by atoms with Gasteiger partial charge >= 0.3 is 6.18 Å². The van der Waals surface area contributed by atoms with Crippen LogP contribution in [-0.2, 0) is 6.18 Å². The molecule has 0 aliphatic carbocycles. The number of amides is 2. The molecule has 0 atom stereocenters. The molecule has 2 amide bonds. The third-order valence-electron chi connectivity index (χ3n) is 2.98. The van der Waals surface area contributed by atoms with Crippen molar-refractivity contribution in [3.63, 3.8) is 0 Å². The lowest BCUT2D eigenvalue weighted by molar-refractivity contribution is -0.137. The quantitative estimate of drug-likeness (QED) is 0.445. The minimum atomic E-state index is -4.66. The van der Waals surface area contributed by atoms with Crippen LogP contribution in [0.2, 0.25) is 0 Å². The topological polar surface area (TPSA) is 104 Å². The van der Waals surface area contributed by atoms with Crippen molar-refractivity contribution in [1.29, 1.82) is 0 Å². The molecule has 25 heavy (non-hydrogen) atoms. The Hall–Kier alpha value is -3.27. The predicted molar refractivity (Wildman–Crippen MR) is 80.0 cm³/mol. The third kappa shape index (κ3) is 4.61. The van der Waals surface area contributed by atoms with Crippen LogP contribution in [0.1, 0.15) is 32.0 Å². The number of carbonyl (C=O) groups excluding carboxylic acids is 2. The lowest BCUT2D eigenvalue weighted by atomic mass is 10.1. The first-order valence-corrected chi connectivity index (χ1v) is 6.73. The average Bonchev–Trinajstić information content (AvgIpc) is 2.60. The molecule has 130 valence electrons. The van der Waals surface area contributed by atoms with Crippen LogP contribution in [0, 0.1) is 0 Å². The van der Waals surface area contributed by atoms with E-state index >= 15 is 0 Å². The molecule has 0 saturated carbocycles. The SMILES string of the molecule is O=C(NO)c1ccc(/C=N/NC(=O)c2ccccc2C(F)(F)F)cn1. The first-order valence-electron chi connectivity index (χ1n) is 6.73. The van der Waals surface area contributed by atoms with Gasteiger partial charge in [-0.15, -0.1) is 0 Å². The van der Waals surface area contributed by atoms with Gasteiger partial charge in [0.05, 0.1) is 17.3 Å². The molecule has 1 aromatic heterocycles. The summed E-state index contributed by atoms with van der Waals surface area (Å²) >= 11 is 0. The standard InChI is InChI=1S/C15H11F3N4O3/c16-15(17,18)11-4-2-1-3-10(11)13(23)21-20-8-9-5-6-12(19-7-9)14(24)22-25/h1-8,25H,(H,21,23)(H,22,24)/b20-8+. The second-order valence-electron chi connectivity index (χ2n) is 4.66. The fraction of sp³-hybridized carbons (Fsp3) is 0.0667. The fourth-order valence-electron chi connectivity index (χ4n) is 1.83. The Kier molecular flexibility index (Phi) is 5.45. The molecule has 0 saturated heterocycles. The van der Waals surface area contributed by atoms with Gasteiger partial charge < -0.3 is 0 Å². The van der Waals surface area contributed by atoms with Crippen LogP contribution in [0.15, 0.2) is 47.7 Å². The number of pyridine rings is 1. The van der Waals surface area contributed by atoms with Crippen molar-refractivity contribution >= 4 is 18.0 Å². The number of hydrogen-bond donors (Lipinski definition) is 3. The summed E-state index contributed by atoms with van der Waals surface area (Å²) in [5, 5.41) is 12.0. The highest BCUT2D eigenvalue weighted by Crippen LogP contribution is 2.31. The van der Waals surface area contributed by atoms with Crippen LogP contribution < -0.4 is 10.9 Å². The van der Waals surface area contributed by atoms with E-state index in [-0.39, 0.29) is 5.69 Å². The van der Waals surface area contributed by atoms with Crippen LogP contribution in [0.25, 0.3) is 0 Å². The van der Waals surface area contributed by atoms with Crippen LogP contribution in [-0.4, -0.2) is 28.2 Å². The van der Waals surface area contributed by atoms with Crippen LogP contribution in [0.5, 0.6) is 0 Å². The molecule has 0 aliphatic rings. The summed E-state index contributed by atoms with van der Waals surface area (Å²) in [5.41, 5.74) is 2.10. The van der Waals surface area contributed by atoms with E-state index in [1.165, 1.54) is 35.9 Å². The molecule has 10 heteroatoms. The van der Waals surface area contributed by atoms with Gasteiger partial charge in [0, 0.05) is 11.8 Å². The summed E-state index contributed by atoms with van der Waals surface area (Å²) in [5.74, 6) is -1.83. The number of halogens is 3. The smallest absolute Gasteiger partial charge is 0.288 e. The Morgan fingerprint density at radius 3 is 2.44 bits per heavy atom. The number of nitrogens with zero attached hydrogens (tertiary/aromatic N) is 2. The molecule has 2 aromatic rings. The molecular weight excluding hydrogens is 341 g/mol. The number of hydroxylamine groups is 1. The molecule has 7 nitrogen and oxygen atoms in total. The maximum Gasteiger partial charge on any atom is 0.417 e. The lowest BCUT2D eigenvalue weighted by Crippen LogP contribution is -2.22. The summed E-state index contributed by atoms with van der Waals surface area (Å²) in [6.07, 6.45) is -2.30. The van der Waals surface area contributed by atoms with Gasteiger partial charge in [-0.1, -0.05) is 12.1 Å². The Bertz CT molecular complexity index is 804. The number of carbonyl (C=O) groups is 2. The van der Waals surface area contributed by atoms with Crippen molar-refractivity contribution in [2.45, 2.75) is 6.18 Å². The molecule has 1 heterocycles. The van der Waals surface area contributed by atoms with Gasteiger partial charge in [-0.3, -0.25) is 19.8 Å².